The van der Waals surface area contributed by atoms with Gasteiger partial charge in [-0.05, 0) is 79.3 Å². The highest BCUT2D eigenvalue weighted by molar-refractivity contribution is 5.98. The molecule has 4 amide bonds. The van der Waals surface area contributed by atoms with Crippen LogP contribution in [0.1, 0.15) is 78.4 Å². The van der Waals surface area contributed by atoms with Crippen LogP contribution in [0, 0.1) is 11.8 Å². The topological polar surface area (TPSA) is 186 Å². The first-order valence-electron chi connectivity index (χ1n) is 21.9. The molecule has 62 heavy (non-hydrogen) atoms. The Balaban J connectivity index is 1.35. The quantitative estimate of drug-likeness (QED) is 0.0855. The van der Waals surface area contributed by atoms with Crippen LogP contribution in [0.25, 0.3) is 11.0 Å². The fourth-order valence-electron chi connectivity index (χ4n) is 7.47. The zero-order chi connectivity index (χ0) is 44.6. The predicted molar refractivity (Wildman–Crippen MR) is 237 cm³/mol. The molecule has 0 aliphatic carbocycles. The third kappa shape index (κ3) is 13.9. The molecule has 5 rings (SSSR count). The van der Waals surface area contributed by atoms with Gasteiger partial charge in [-0.15, -0.1) is 5.10 Å². The SMILES string of the molecule is CC[C@@](C)(On1nnc2ccccc21)C(=O)[C@H](CC(C)C)NC(=O)[C@H](Cc1ccccc1)NC(=O)[C@H](CC(C)C)NC(=O)[C@H](CCc1ccccc1)NC(=O)CN1CCOCC1. The van der Waals surface area contributed by atoms with Gasteiger partial charge in [0, 0.05) is 19.5 Å². The maximum Gasteiger partial charge on any atom is 0.243 e. The predicted octanol–water partition coefficient (Wildman–Crippen LogP) is 3.84. The zero-order valence-electron chi connectivity index (χ0n) is 37.0. The van der Waals surface area contributed by atoms with Crippen LogP contribution in [0.5, 0.6) is 0 Å². The second-order valence-electron chi connectivity index (χ2n) is 17.2. The minimum absolute atomic E-state index is 0.00884. The molecule has 0 saturated carbocycles. The molecular weight excluding hydrogens is 789 g/mol. The minimum atomic E-state index is -1.40. The lowest BCUT2D eigenvalue weighted by Gasteiger charge is -2.32. The number of fused-ring (bicyclic) bond motifs is 1. The smallest absolute Gasteiger partial charge is 0.243 e. The largest absolute Gasteiger partial charge is 0.381 e. The first kappa shape index (κ1) is 47.4. The molecule has 1 aromatic heterocycles. The summed E-state index contributed by atoms with van der Waals surface area (Å²) in [4.78, 5) is 80.3. The standard InChI is InChI=1S/C47H64N8O7/c1-7-47(6,62-55-41-21-15-14-20-36(41)52-53-55)43(57)38(28-32(2)3)49-46(60)40(30-35-18-12-9-13-19-35)51-45(59)39(29-33(4)5)50-44(58)37(23-22-34-16-10-8-11-17-34)48-42(56)31-54-24-26-61-27-25-54/h8-21,32-33,37-40H,7,22-31H2,1-6H3,(H,48,56)(H,49,60)(H,50,58)(H,51,59)/t37-,38-,39-,40-,47+/m0/s1. The number of para-hydroxylation sites is 1. The van der Waals surface area contributed by atoms with E-state index in [0.717, 1.165) is 11.1 Å². The van der Waals surface area contributed by atoms with Crippen molar-refractivity contribution in [1.29, 1.82) is 0 Å². The van der Waals surface area contributed by atoms with Crippen LogP contribution in [0.2, 0.25) is 0 Å². The molecule has 2 heterocycles. The number of Topliss-reactive ketones (excluding diaryl/α,β-unsaturated/α-hetero) is 1. The fraction of sp³-hybridized carbons (Fsp3) is 0.511. The van der Waals surface area contributed by atoms with E-state index in [1.165, 1.54) is 4.85 Å². The lowest BCUT2D eigenvalue weighted by molar-refractivity contribution is -0.149. The van der Waals surface area contributed by atoms with E-state index in [9.17, 15) is 24.0 Å². The van der Waals surface area contributed by atoms with Crippen molar-refractivity contribution in [2.75, 3.05) is 32.8 Å². The summed E-state index contributed by atoms with van der Waals surface area (Å²) in [5.74, 6) is -2.28. The van der Waals surface area contributed by atoms with Crippen molar-refractivity contribution in [2.45, 2.75) is 110 Å². The molecular formula is C47H64N8O7. The molecule has 1 saturated heterocycles. The Hall–Kier alpha value is -5.67. The first-order valence-corrected chi connectivity index (χ1v) is 21.9. The highest BCUT2D eigenvalue weighted by Gasteiger charge is 2.42. The maximum atomic E-state index is 14.5. The average molecular weight is 853 g/mol. The molecule has 1 aliphatic rings. The molecule has 3 aromatic carbocycles. The molecule has 1 fully saturated rings. The van der Waals surface area contributed by atoms with Crippen molar-refractivity contribution < 1.29 is 33.5 Å². The van der Waals surface area contributed by atoms with Crippen molar-refractivity contribution in [3.05, 3.63) is 96.1 Å². The van der Waals surface area contributed by atoms with Gasteiger partial charge in [0.2, 0.25) is 29.4 Å². The van der Waals surface area contributed by atoms with Crippen molar-refractivity contribution >= 4 is 40.4 Å². The van der Waals surface area contributed by atoms with Crippen molar-refractivity contribution in [3.63, 3.8) is 0 Å². The van der Waals surface area contributed by atoms with E-state index >= 15 is 0 Å². The van der Waals surface area contributed by atoms with Crippen molar-refractivity contribution in [1.82, 2.24) is 41.3 Å². The molecule has 0 radical (unpaired) electrons. The number of carbonyl (C=O) groups is 5. The number of nitrogens with zero attached hydrogens (tertiary/aromatic N) is 4. The minimum Gasteiger partial charge on any atom is -0.381 e. The Morgan fingerprint density at radius 2 is 1.26 bits per heavy atom. The van der Waals surface area contributed by atoms with E-state index in [1.807, 2.05) is 112 Å². The van der Waals surface area contributed by atoms with E-state index < -0.39 is 47.5 Å². The van der Waals surface area contributed by atoms with Crippen molar-refractivity contribution in [2.24, 2.45) is 11.8 Å². The second kappa shape index (κ2) is 23.0. The maximum absolute atomic E-state index is 14.5. The number of morpholine rings is 1. The van der Waals surface area contributed by atoms with Gasteiger partial charge in [0.1, 0.15) is 29.2 Å². The van der Waals surface area contributed by atoms with Gasteiger partial charge in [-0.1, -0.05) is 112 Å². The molecule has 0 bridgehead atoms. The Morgan fingerprint density at radius 3 is 1.90 bits per heavy atom. The highest BCUT2D eigenvalue weighted by Crippen LogP contribution is 2.22. The summed E-state index contributed by atoms with van der Waals surface area (Å²) in [6.07, 6.45) is 1.78. The molecule has 4 N–H and O–H groups in total. The van der Waals surface area contributed by atoms with Gasteiger partial charge in [-0.25, -0.2) is 0 Å². The number of hydrogen-bond acceptors (Lipinski definition) is 10. The number of ketones is 1. The van der Waals surface area contributed by atoms with Crippen LogP contribution < -0.4 is 26.1 Å². The molecule has 4 aromatic rings. The molecule has 1 aliphatic heterocycles. The fourth-order valence-corrected chi connectivity index (χ4v) is 7.47. The first-order chi connectivity index (χ1) is 29.7. The molecule has 15 nitrogen and oxygen atoms in total. The number of amides is 4. The van der Waals surface area contributed by atoms with Gasteiger partial charge < -0.3 is 30.8 Å². The molecule has 15 heteroatoms. The van der Waals surface area contributed by atoms with Crippen LogP contribution in [-0.4, -0.2) is 112 Å². The van der Waals surface area contributed by atoms with E-state index in [1.54, 1.807) is 19.1 Å². The summed E-state index contributed by atoms with van der Waals surface area (Å²) in [5, 5.41) is 20.1. The van der Waals surface area contributed by atoms with E-state index in [0.29, 0.717) is 56.6 Å². The molecule has 0 spiro atoms. The number of aromatic nitrogens is 3. The Bertz CT molecular complexity index is 2070. The van der Waals surface area contributed by atoms with E-state index in [-0.39, 0.29) is 49.3 Å². The monoisotopic (exact) mass is 852 g/mol. The molecule has 5 atom stereocenters. The number of nitrogens with one attached hydrogen (secondary N) is 4. The number of benzene rings is 3. The molecule has 334 valence electrons. The van der Waals surface area contributed by atoms with Gasteiger partial charge in [-0.2, -0.15) is 0 Å². The van der Waals surface area contributed by atoms with Gasteiger partial charge >= 0.3 is 0 Å². The summed E-state index contributed by atoms with van der Waals surface area (Å²) in [5.41, 5.74) is 1.59. The zero-order valence-corrected chi connectivity index (χ0v) is 37.0. The van der Waals surface area contributed by atoms with Gasteiger partial charge in [0.25, 0.3) is 0 Å². The van der Waals surface area contributed by atoms with Crippen LogP contribution in [0.15, 0.2) is 84.9 Å². The lowest BCUT2D eigenvalue weighted by Crippen LogP contribution is -2.60. The van der Waals surface area contributed by atoms with E-state index in [2.05, 4.69) is 31.6 Å². The summed E-state index contributed by atoms with van der Waals surface area (Å²) in [6, 6.07) is 22.2. The number of aryl methyl sites for hydroxylation is 1. The van der Waals surface area contributed by atoms with Crippen LogP contribution in [-0.2, 0) is 41.6 Å². The van der Waals surface area contributed by atoms with Crippen molar-refractivity contribution in [3.8, 4) is 0 Å². The van der Waals surface area contributed by atoms with Crippen LogP contribution in [0.3, 0.4) is 0 Å². The van der Waals surface area contributed by atoms with Crippen LogP contribution >= 0.6 is 0 Å². The normalized spacial score (nSPS) is 16.1. The second-order valence-corrected chi connectivity index (χ2v) is 17.2. The highest BCUT2D eigenvalue weighted by atomic mass is 16.7. The van der Waals surface area contributed by atoms with E-state index in [4.69, 9.17) is 9.57 Å². The summed E-state index contributed by atoms with van der Waals surface area (Å²) in [7, 11) is 0. The van der Waals surface area contributed by atoms with Gasteiger partial charge in [-0.3, -0.25) is 28.9 Å². The average Bonchev–Trinajstić information content (AvgIpc) is 3.66. The number of hydrogen-bond donors (Lipinski definition) is 4. The number of ether oxygens (including phenoxy) is 1. The summed E-state index contributed by atoms with van der Waals surface area (Å²) in [6.45, 7) is 13.7. The van der Waals surface area contributed by atoms with Gasteiger partial charge in [0.15, 0.2) is 5.60 Å². The third-order valence-electron chi connectivity index (χ3n) is 11.1. The molecule has 0 unspecified atom stereocenters. The third-order valence-corrected chi connectivity index (χ3v) is 11.1. The summed E-state index contributed by atoms with van der Waals surface area (Å²) < 4.78 is 5.43. The Labute approximate surface area is 365 Å². The Kier molecular flexibility index (Phi) is 17.6. The number of rotatable bonds is 23. The van der Waals surface area contributed by atoms with Gasteiger partial charge in [0.05, 0.1) is 25.8 Å². The Morgan fingerprint density at radius 1 is 0.710 bits per heavy atom. The lowest BCUT2D eigenvalue weighted by atomic mass is 9.88. The summed E-state index contributed by atoms with van der Waals surface area (Å²) >= 11 is 0. The van der Waals surface area contributed by atoms with Crippen LogP contribution in [0.4, 0.5) is 0 Å². The number of carbonyl (C=O) groups excluding carboxylic acids is 5.